The van der Waals surface area contributed by atoms with E-state index in [4.69, 9.17) is 11.6 Å². The minimum atomic E-state index is -0.755. The summed E-state index contributed by atoms with van der Waals surface area (Å²) < 4.78 is 0. The third kappa shape index (κ3) is 6.76. The Bertz CT molecular complexity index is 890. The number of nitro groups is 1. The van der Waals surface area contributed by atoms with Gasteiger partial charge in [-0.2, -0.15) is 11.8 Å². The molecule has 0 bridgehead atoms. The maximum atomic E-state index is 12.6. The zero-order valence-corrected chi connectivity index (χ0v) is 17.7. The molecule has 2 amide bonds. The minimum Gasteiger partial charge on any atom is -0.350 e. The Morgan fingerprint density at radius 1 is 1.21 bits per heavy atom. The number of benzene rings is 2. The highest BCUT2D eigenvalue weighted by atomic mass is 35.5. The fraction of sp³-hybridized carbons (Fsp3) is 0.300. The zero-order valence-electron chi connectivity index (χ0n) is 16.1. The number of carbonyl (C=O) groups is 2. The van der Waals surface area contributed by atoms with Crippen LogP contribution >= 0.6 is 23.4 Å². The number of thioether (sulfide) groups is 1. The number of amides is 2. The van der Waals surface area contributed by atoms with Gasteiger partial charge in [0, 0.05) is 18.2 Å². The van der Waals surface area contributed by atoms with E-state index < -0.39 is 16.9 Å². The van der Waals surface area contributed by atoms with E-state index in [0.717, 1.165) is 17.2 Å². The van der Waals surface area contributed by atoms with Gasteiger partial charge in [-0.15, -0.1) is 0 Å². The molecule has 2 aromatic rings. The first-order valence-corrected chi connectivity index (χ1v) is 10.7. The standard InChI is InChI=1S/C20H22ClN3O4S/c1-13-3-5-14(6-4-13)12-22-20(26)17(9-10-29-2)23-19(25)15-7-8-16(21)18(11-15)24(27)28/h3-8,11,17H,9-10,12H2,1-2H3,(H,22,26)(H,23,25). The van der Waals surface area contributed by atoms with Crippen molar-refractivity contribution in [2.24, 2.45) is 0 Å². The SMILES string of the molecule is CSCCC(NC(=O)c1ccc(Cl)c([N+](=O)[O-])c1)C(=O)NCc1ccc(C)cc1. The van der Waals surface area contributed by atoms with Crippen molar-refractivity contribution in [1.29, 1.82) is 0 Å². The van der Waals surface area contributed by atoms with Crippen molar-refractivity contribution in [3.63, 3.8) is 0 Å². The number of carbonyl (C=O) groups excluding carboxylic acids is 2. The summed E-state index contributed by atoms with van der Waals surface area (Å²) in [4.78, 5) is 35.6. The lowest BCUT2D eigenvalue weighted by Gasteiger charge is -2.18. The van der Waals surface area contributed by atoms with Crippen LogP contribution in [0.2, 0.25) is 5.02 Å². The van der Waals surface area contributed by atoms with Crippen molar-refractivity contribution >= 4 is 40.9 Å². The van der Waals surface area contributed by atoms with Crippen LogP contribution in [0.5, 0.6) is 0 Å². The van der Waals surface area contributed by atoms with Crippen LogP contribution < -0.4 is 10.6 Å². The second-order valence-corrected chi connectivity index (χ2v) is 7.83. The first-order valence-electron chi connectivity index (χ1n) is 8.89. The van der Waals surface area contributed by atoms with E-state index in [1.54, 1.807) is 11.8 Å². The molecule has 0 aliphatic rings. The summed E-state index contributed by atoms with van der Waals surface area (Å²) in [5.74, 6) is -0.207. The fourth-order valence-corrected chi connectivity index (χ4v) is 3.22. The van der Waals surface area contributed by atoms with E-state index in [-0.39, 0.29) is 22.2 Å². The summed E-state index contributed by atoms with van der Waals surface area (Å²) in [5.41, 5.74) is 1.79. The molecule has 0 aliphatic heterocycles. The molecule has 0 aromatic heterocycles. The smallest absolute Gasteiger partial charge is 0.288 e. The second-order valence-electron chi connectivity index (χ2n) is 6.43. The lowest BCUT2D eigenvalue weighted by Crippen LogP contribution is -2.46. The fourth-order valence-electron chi connectivity index (χ4n) is 2.56. The summed E-state index contributed by atoms with van der Waals surface area (Å²) in [6, 6.07) is 10.8. The summed E-state index contributed by atoms with van der Waals surface area (Å²) in [5, 5.41) is 16.5. The molecule has 0 aliphatic carbocycles. The van der Waals surface area contributed by atoms with Gasteiger partial charge < -0.3 is 10.6 Å². The number of nitro benzene ring substituents is 1. The maximum absolute atomic E-state index is 12.6. The summed E-state index contributed by atoms with van der Waals surface area (Å²) >= 11 is 7.35. The molecule has 0 spiro atoms. The Labute approximate surface area is 178 Å². The van der Waals surface area contributed by atoms with Gasteiger partial charge >= 0.3 is 0 Å². The van der Waals surface area contributed by atoms with Crippen LogP contribution in [0.15, 0.2) is 42.5 Å². The van der Waals surface area contributed by atoms with Crippen LogP contribution in [0.25, 0.3) is 0 Å². The van der Waals surface area contributed by atoms with Crippen LogP contribution in [0.3, 0.4) is 0 Å². The average Bonchev–Trinajstić information content (AvgIpc) is 2.70. The first-order chi connectivity index (χ1) is 13.8. The molecular weight excluding hydrogens is 414 g/mol. The summed E-state index contributed by atoms with van der Waals surface area (Å²) in [6.07, 6.45) is 2.34. The molecule has 0 heterocycles. The van der Waals surface area contributed by atoms with Crippen LogP contribution in [-0.2, 0) is 11.3 Å². The van der Waals surface area contributed by atoms with Gasteiger partial charge in [-0.3, -0.25) is 19.7 Å². The van der Waals surface area contributed by atoms with Crippen LogP contribution in [0.4, 0.5) is 5.69 Å². The Morgan fingerprint density at radius 3 is 2.52 bits per heavy atom. The van der Waals surface area contributed by atoms with E-state index in [0.29, 0.717) is 18.7 Å². The second kappa shape index (κ2) is 10.8. The van der Waals surface area contributed by atoms with E-state index in [2.05, 4.69) is 10.6 Å². The highest BCUT2D eigenvalue weighted by Gasteiger charge is 2.23. The van der Waals surface area contributed by atoms with Gasteiger partial charge in [0.2, 0.25) is 5.91 Å². The number of nitrogens with zero attached hydrogens (tertiary/aromatic N) is 1. The number of halogens is 1. The predicted molar refractivity (Wildman–Crippen MR) is 115 cm³/mol. The average molecular weight is 436 g/mol. The molecule has 1 unspecified atom stereocenters. The lowest BCUT2D eigenvalue weighted by atomic mass is 10.1. The van der Waals surface area contributed by atoms with Gasteiger partial charge in [-0.05, 0) is 43.0 Å². The number of aryl methyl sites for hydroxylation is 1. The molecule has 1 atom stereocenters. The Balaban J connectivity index is 2.07. The quantitative estimate of drug-likeness (QED) is 0.461. The van der Waals surface area contributed by atoms with Crippen molar-refractivity contribution in [2.45, 2.75) is 25.9 Å². The van der Waals surface area contributed by atoms with Gasteiger partial charge in [0.05, 0.1) is 4.92 Å². The van der Waals surface area contributed by atoms with Crippen molar-refractivity contribution in [2.75, 3.05) is 12.0 Å². The maximum Gasteiger partial charge on any atom is 0.288 e. The van der Waals surface area contributed by atoms with Crippen molar-refractivity contribution in [3.8, 4) is 0 Å². The summed E-state index contributed by atoms with van der Waals surface area (Å²) in [6.45, 7) is 2.33. The molecule has 154 valence electrons. The minimum absolute atomic E-state index is 0.0543. The van der Waals surface area contributed by atoms with Crippen molar-refractivity contribution in [3.05, 3.63) is 74.3 Å². The van der Waals surface area contributed by atoms with Gasteiger partial charge in [0.25, 0.3) is 11.6 Å². The highest BCUT2D eigenvalue weighted by Crippen LogP contribution is 2.25. The van der Waals surface area contributed by atoms with E-state index >= 15 is 0 Å². The summed E-state index contributed by atoms with van der Waals surface area (Å²) in [7, 11) is 0. The van der Waals surface area contributed by atoms with Crippen molar-refractivity contribution < 1.29 is 14.5 Å². The molecule has 9 heteroatoms. The van der Waals surface area contributed by atoms with Crippen LogP contribution in [0.1, 0.15) is 27.9 Å². The van der Waals surface area contributed by atoms with Gasteiger partial charge in [0.15, 0.2) is 0 Å². The number of rotatable bonds is 9. The number of hydrogen-bond acceptors (Lipinski definition) is 5. The topological polar surface area (TPSA) is 101 Å². The van der Waals surface area contributed by atoms with E-state index in [9.17, 15) is 19.7 Å². The Kier molecular flexibility index (Phi) is 8.48. The molecule has 2 rings (SSSR count). The molecule has 7 nitrogen and oxygen atoms in total. The molecule has 0 saturated heterocycles. The van der Waals surface area contributed by atoms with E-state index in [1.807, 2.05) is 37.4 Å². The van der Waals surface area contributed by atoms with E-state index in [1.165, 1.54) is 12.1 Å². The molecule has 0 fully saturated rings. The third-order valence-electron chi connectivity index (χ3n) is 4.22. The highest BCUT2D eigenvalue weighted by molar-refractivity contribution is 7.98. The van der Waals surface area contributed by atoms with Gasteiger partial charge in [0.1, 0.15) is 11.1 Å². The number of hydrogen-bond donors (Lipinski definition) is 2. The Morgan fingerprint density at radius 2 is 1.90 bits per heavy atom. The van der Waals surface area contributed by atoms with Gasteiger partial charge in [-0.1, -0.05) is 41.4 Å². The third-order valence-corrected chi connectivity index (χ3v) is 5.19. The van der Waals surface area contributed by atoms with Crippen molar-refractivity contribution in [1.82, 2.24) is 10.6 Å². The molecule has 2 aromatic carbocycles. The van der Waals surface area contributed by atoms with Crippen LogP contribution in [0, 0.1) is 17.0 Å². The first kappa shape index (κ1) is 22.7. The molecule has 29 heavy (non-hydrogen) atoms. The number of nitrogens with one attached hydrogen (secondary N) is 2. The normalized spacial score (nSPS) is 11.6. The zero-order chi connectivity index (χ0) is 21.4. The largest absolute Gasteiger partial charge is 0.350 e. The Hall–Kier alpha value is -2.58. The molecule has 0 saturated carbocycles. The van der Waals surface area contributed by atoms with Crippen LogP contribution in [-0.4, -0.2) is 34.8 Å². The monoisotopic (exact) mass is 435 g/mol. The molecule has 0 radical (unpaired) electrons. The van der Waals surface area contributed by atoms with Gasteiger partial charge in [-0.25, -0.2) is 0 Å². The predicted octanol–water partition coefficient (Wildman–Crippen LogP) is 3.72. The molecule has 2 N–H and O–H groups in total. The lowest BCUT2D eigenvalue weighted by molar-refractivity contribution is -0.384. The molecular formula is C20H22ClN3O4S.